The number of rotatable bonds is 4. The van der Waals surface area contributed by atoms with Crippen LogP contribution in [0, 0.1) is 0 Å². The van der Waals surface area contributed by atoms with Crippen molar-refractivity contribution in [1.82, 2.24) is 0 Å². The van der Waals surface area contributed by atoms with Gasteiger partial charge < -0.3 is 4.90 Å². The summed E-state index contributed by atoms with van der Waals surface area (Å²) < 4.78 is 0. The average Bonchev–Trinajstić information content (AvgIpc) is 3.11. The van der Waals surface area contributed by atoms with Crippen LogP contribution in [0.5, 0.6) is 0 Å². The van der Waals surface area contributed by atoms with Crippen LogP contribution >= 0.6 is 11.8 Å². The minimum atomic E-state index is -0.0543. The first-order valence-corrected chi connectivity index (χ1v) is 9.34. The molecule has 4 rings (SSSR count). The maximum Gasteiger partial charge on any atom is 0.241 e. The SMILES string of the molecule is O=C([C@@H]1Cc2ccccc2S1)N(Cc1ccccc1)c1ccccc1. The summed E-state index contributed by atoms with van der Waals surface area (Å²) in [6.07, 6.45) is 0.803. The third-order valence-electron chi connectivity index (χ3n) is 4.44. The summed E-state index contributed by atoms with van der Waals surface area (Å²) in [6.45, 7) is 0.594. The van der Waals surface area contributed by atoms with E-state index >= 15 is 0 Å². The van der Waals surface area contributed by atoms with E-state index in [1.165, 1.54) is 10.5 Å². The number of carbonyl (C=O) groups is 1. The fourth-order valence-corrected chi connectivity index (χ4v) is 4.42. The Labute approximate surface area is 152 Å². The molecule has 25 heavy (non-hydrogen) atoms. The van der Waals surface area contributed by atoms with Gasteiger partial charge in [-0.15, -0.1) is 11.8 Å². The number of nitrogens with zero attached hydrogens (tertiary/aromatic N) is 1. The molecule has 2 nitrogen and oxygen atoms in total. The average molecular weight is 345 g/mol. The molecule has 0 saturated carbocycles. The van der Waals surface area contributed by atoms with Crippen LogP contribution in [0.3, 0.4) is 0 Å². The Balaban J connectivity index is 1.61. The number of amides is 1. The van der Waals surface area contributed by atoms with Gasteiger partial charge >= 0.3 is 0 Å². The number of hydrogen-bond acceptors (Lipinski definition) is 2. The van der Waals surface area contributed by atoms with E-state index in [4.69, 9.17) is 0 Å². The molecule has 3 heteroatoms. The quantitative estimate of drug-likeness (QED) is 0.668. The van der Waals surface area contributed by atoms with Crippen molar-refractivity contribution >= 4 is 23.4 Å². The minimum Gasteiger partial charge on any atom is -0.307 e. The smallest absolute Gasteiger partial charge is 0.241 e. The van der Waals surface area contributed by atoms with E-state index in [0.29, 0.717) is 6.54 Å². The van der Waals surface area contributed by atoms with Gasteiger partial charge in [0.1, 0.15) is 0 Å². The maximum atomic E-state index is 13.3. The van der Waals surface area contributed by atoms with Crippen LogP contribution in [0.2, 0.25) is 0 Å². The molecule has 0 bridgehead atoms. The van der Waals surface area contributed by atoms with Crippen LogP contribution in [-0.4, -0.2) is 11.2 Å². The van der Waals surface area contributed by atoms with Crippen LogP contribution in [0.4, 0.5) is 5.69 Å². The Kier molecular flexibility index (Phi) is 4.57. The van der Waals surface area contributed by atoms with E-state index in [9.17, 15) is 4.79 Å². The number of hydrogen-bond donors (Lipinski definition) is 0. The van der Waals surface area contributed by atoms with Crippen molar-refractivity contribution in [2.75, 3.05) is 4.90 Å². The third kappa shape index (κ3) is 3.47. The van der Waals surface area contributed by atoms with Crippen molar-refractivity contribution in [3.05, 3.63) is 96.1 Å². The Bertz CT molecular complexity index is 838. The lowest BCUT2D eigenvalue weighted by Crippen LogP contribution is -2.37. The molecule has 3 aromatic carbocycles. The molecule has 0 fully saturated rings. The number of thioether (sulfide) groups is 1. The molecule has 0 N–H and O–H groups in total. The van der Waals surface area contributed by atoms with Gasteiger partial charge in [-0.05, 0) is 35.7 Å². The van der Waals surface area contributed by atoms with Crippen LogP contribution < -0.4 is 4.90 Å². The maximum absolute atomic E-state index is 13.3. The van der Waals surface area contributed by atoms with Crippen LogP contribution in [0.15, 0.2) is 89.8 Å². The van der Waals surface area contributed by atoms with Crippen LogP contribution in [0.25, 0.3) is 0 Å². The summed E-state index contributed by atoms with van der Waals surface area (Å²) in [7, 11) is 0. The van der Waals surface area contributed by atoms with E-state index in [1.54, 1.807) is 11.8 Å². The molecule has 1 aliphatic heterocycles. The van der Waals surface area contributed by atoms with Gasteiger partial charge in [-0.3, -0.25) is 4.79 Å². The predicted octanol–water partition coefficient (Wildman–Crippen LogP) is 4.94. The summed E-state index contributed by atoms with van der Waals surface area (Å²) in [5.74, 6) is 0.177. The monoisotopic (exact) mass is 345 g/mol. The second kappa shape index (κ2) is 7.16. The highest BCUT2D eigenvalue weighted by Crippen LogP contribution is 2.38. The number of para-hydroxylation sites is 1. The molecule has 0 radical (unpaired) electrons. The summed E-state index contributed by atoms with van der Waals surface area (Å²) in [6, 6.07) is 28.5. The van der Waals surface area contributed by atoms with Crippen molar-refractivity contribution in [2.45, 2.75) is 23.1 Å². The molecule has 0 saturated heterocycles. The third-order valence-corrected chi connectivity index (χ3v) is 5.75. The van der Waals surface area contributed by atoms with Crippen LogP contribution in [-0.2, 0) is 17.8 Å². The molecule has 0 aromatic heterocycles. The van der Waals surface area contributed by atoms with E-state index in [-0.39, 0.29) is 11.2 Å². The van der Waals surface area contributed by atoms with Gasteiger partial charge in [0.25, 0.3) is 0 Å². The molecule has 1 aliphatic rings. The van der Waals surface area contributed by atoms with E-state index < -0.39 is 0 Å². The van der Waals surface area contributed by atoms with Crippen LogP contribution in [0.1, 0.15) is 11.1 Å². The highest BCUT2D eigenvalue weighted by atomic mass is 32.2. The van der Waals surface area contributed by atoms with Gasteiger partial charge in [-0.2, -0.15) is 0 Å². The Morgan fingerprint density at radius 3 is 2.24 bits per heavy atom. The van der Waals surface area contributed by atoms with Crippen molar-refractivity contribution in [1.29, 1.82) is 0 Å². The Hall–Kier alpha value is -2.52. The molecule has 124 valence electrons. The first-order chi connectivity index (χ1) is 12.3. The van der Waals surface area contributed by atoms with Gasteiger partial charge in [-0.25, -0.2) is 0 Å². The van der Waals surface area contributed by atoms with Crippen molar-refractivity contribution < 1.29 is 4.79 Å². The molecule has 3 aromatic rings. The minimum absolute atomic E-state index is 0.0543. The Morgan fingerprint density at radius 1 is 0.880 bits per heavy atom. The zero-order chi connectivity index (χ0) is 17.1. The van der Waals surface area contributed by atoms with E-state index in [1.807, 2.05) is 65.6 Å². The molecular weight excluding hydrogens is 326 g/mol. The predicted molar refractivity (Wildman–Crippen MR) is 104 cm³/mol. The molecule has 1 atom stereocenters. The highest BCUT2D eigenvalue weighted by Gasteiger charge is 2.32. The van der Waals surface area contributed by atoms with E-state index in [2.05, 4.69) is 24.3 Å². The number of carbonyl (C=O) groups excluding carboxylic acids is 1. The topological polar surface area (TPSA) is 20.3 Å². The number of anilines is 1. The van der Waals surface area contributed by atoms with Gasteiger partial charge in [0, 0.05) is 10.6 Å². The summed E-state index contributed by atoms with van der Waals surface area (Å²) in [4.78, 5) is 16.5. The molecular formula is C22H19NOS. The lowest BCUT2D eigenvalue weighted by Gasteiger charge is -2.25. The van der Waals surface area contributed by atoms with Crippen molar-refractivity contribution in [3.8, 4) is 0 Å². The normalized spacial score (nSPS) is 15.6. The van der Waals surface area contributed by atoms with Crippen molar-refractivity contribution in [3.63, 3.8) is 0 Å². The first-order valence-electron chi connectivity index (χ1n) is 8.46. The Morgan fingerprint density at radius 2 is 1.52 bits per heavy atom. The van der Waals surface area contributed by atoms with Gasteiger partial charge in [0.2, 0.25) is 5.91 Å². The number of benzene rings is 3. The molecule has 0 aliphatic carbocycles. The molecule has 0 unspecified atom stereocenters. The van der Waals surface area contributed by atoms with Gasteiger partial charge in [0.15, 0.2) is 0 Å². The van der Waals surface area contributed by atoms with Gasteiger partial charge in [-0.1, -0.05) is 66.7 Å². The molecule has 1 heterocycles. The highest BCUT2D eigenvalue weighted by molar-refractivity contribution is 8.01. The lowest BCUT2D eigenvalue weighted by atomic mass is 10.1. The van der Waals surface area contributed by atoms with Gasteiger partial charge in [0.05, 0.1) is 11.8 Å². The number of fused-ring (bicyclic) bond motifs is 1. The molecule has 1 amide bonds. The zero-order valence-electron chi connectivity index (χ0n) is 13.8. The largest absolute Gasteiger partial charge is 0.307 e. The fraction of sp³-hybridized carbons (Fsp3) is 0.136. The standard InChI is InChI=1S/C22H19NOS/c24-22(21-15-18-11-7-8-14-20(18)25-21)23(19-12-5-2-6-13-19)16-17-9-3-1-4-10-17/h1-14,21H,15-16H2/t21-/m0/s1. The second-order valence-corrected chi connectivity index (χ2v) is 7.41. The lowest BCUT2D eigenvalue weighted by molar-refractivity contribution is -0.118. The second-order valence-electron chi connectivity index (χ2n) is 6.16. The zero-order valence-corrected chi connectivity index (χ0v) is 14.7. The summed E-state index contributed by atoms with van der Waals surface area (Å²) in [5.41, 5.74) is 3.37. The summed E-state index contributed by atoms with van der Waals surface area (Å²) in [5, 5.41) is -0.0543. The summed E-state index contributed by atoms with van der Waals surface area (Å²) >= 11 is 1.69. The fourth-order valence-electron chi connectivity index (χ4n) is 3.16. The van der Waals surface area contributed by atoms with Crippen molar-refractivity contribution in [2.24, 2.45) is 0 Å². The first kappa shape index (κ1) is 16.0. The van der Waals surface area contributed by atoms with E-state index in [0.717, 1.165) is 17.7 Å². The molecule has 0 spiro atoms.